The van der Waals surface area contributed by atoms with Gasteiger partial charge in [0.15, 0.2) is 23.0 Å². The Morgan fingerprint density at radius 2 is 1.31 bits per heavy atom. The Morgan fingerprint density at radius 3 is 1.96 bits per heavy atom. The number of anilines is 1. The number of ether oxygens (including phenoxy) is 5. The van der Waals surface area contributed by atoms with Crippen molar-refractivity contribution in [2.24, 2.45) is 0 Å². The lowest BCUT2D eigenvalue weighted by Gasteiger charge is -2.36. The van der Waals surface area contributed by atoms with E-state index in [2.05, 4.69) is 11.0 Å². The minimum atomic E-state index is -0.0509. The van der Waals surface area contributed by atoms with Crippen LogP contribution in [0.25, 0.3) is 10.8 Å². The molecule has 0 bridgehead atoms. The van der Waals surface area contributed by atoms with Gasteiger partial charge in [-0.3, -0.25) is 9.78 Å². The fourth-order valence-electron chi connectivity index (χ4n) is 5.76. The summed E-state index contributed by atoms with van der Waals surface area (Å²) in [7, 11) is 1.68. The largest absolute Gasteiger partial charge is 0.495 e. The van der Waals surface area contributed by atoms with Gasteiger partial charge in [0, 0.05) is 49.6 Å². The molecule has 45 heavy (non-hydrogen) atoms. The number of amides is 1. The number of aromatic nitrogens is 1. The molecular weight excluding hydrogens is 570 g/mol. The van der Waals surface area contributed by atoms with Crippen molar-refractivity contribution < 1.29 is 28.5 Å². The van der Waals surface area contributed by atoms with E-state index < -0.39 is 0 Å². The molecule has 9 nitrogen and oxygen atoms in total. The van der Waals surface area contributed by atoms with Crippen molar-refractivity contribution in [3.05, 3.63) is 77.6 Å². The van der Waals surface area contributed by atoms with Gasteiger partial charge in [0.25, 0.3) is 5.91 Å². The first-order valence-electron chi connectivity index (χ1n) is 15.8. The number of benzene rings is 3. The van der Waals surface area contributed by atoms with E-state index in [0.29, 0.717) is 87.6 Å². The number of hydrogen-bond acceptors (Lipinski definition) is 8. The van der Waals surface area contributed by atoms with Crippen LogP contribution >= 0.6 is 0 Å². The highest BCUT2D eigenvalue weighted by atomic mass is 16.5. The summed E-state index contributed by atoms with van der Waals surface area (Å²) in [5, 5.41) is 1.65. The highest BCUT2D eigenvalue weighted by Crippen LogP contribution is 2.37. The zero-order valence-electron chi connectivity index (χ0n) is 26.9. The van der Waals surface area contributed by atoms with Crippen LogP contribution in [0.15, 0.2) is 60.8 Å². The fourth-order valence-corrected chi connectivity index (χ4v) is 5.76. The van der Waals surface area contributed by atoms with Crippen LogP contribution in [0.2, 0.25) is 0 Å². The van der Waals surface area contributed by atoms with Crippen LogP contribution in [0.3, 0.4) is 0 Å². The van der Waals surface area contributed by atoms with Crippen molar-refractivity contribution >= 4 is 22.4 Å². The van der Waals surface area contributed by atoms with Gasteiger partial charge in [-0.2, -0.15) is 0 Å². The van der Waals surface area contributed by atoms with Crippen LogP contribution in [0.1, 0.15) is 49.3 Å². The molecule has 3 aromatic carbocycles. The monoisotopic (exact) mass is 613 g/mol. The van der Waals surface area contributed by atoms with Crippen molar-refractivity contribution in [1.29, 1.82) is 0 Å². The van der Waals surface area contributed by atoms with Crippen molar-refractivity contribution in [2.45, 2.75) is 34.1 Å². The lowest BCUT2D eigenvalue weighted by atomic mass is 9.99. The third kappa shape index (κ3) is 7.03. The molecule has 0 N–H and O–H groups in total. The lowest BCUT2D eigenvalue weighted by molar-refractivity contribution is 0.0748. The smallest absolute Gasteiger partial charge is 0.256 e. The molecule has 0 aliphatic carbocycles. The molecule has 1 aromatic heterocycles. The SMILES string of the molecule is CCOc1ccc(Cc2ncc(C(=O)N3CCN(c4ccccc4OC)CC3)c3cc(OCC)c(OCC)cc23)cc1OCC. The van der Waals surface area contributed by atoms with Gasteiger partial charge in [0.05, 0.1) is 50.5 Å². The van der Waals surface area contributed by atoms with Crippen LogP contribution in [-0.4, -0.2) is 75.5 Å². The highest BCUT2D eigenvalue weighted by Gasteiger charge is 2.26. The summed E-state index contributed by atoms with van der Waals surface area (Å²) in [6.45, 7) is 12.4. The maximum atomic E-state index is 14.1. The number of para-hydroxylation sites is 2. The molecule has 1 aliphatic rings. The second-order valence-electron chi connectivity index (χ2n) is 10.6. The second kappa shape index (κ2) is 14.9. The molecule has 5 rings (SSSR count). The molecule has 238 valence electrons. The first kappa shape index (κ1) is 31.8. The van der Waals surface area contributed by atoms with Gasteiger partial charge in [0.1, 0.15) is 5.75 Å². The van der Waals surface area contributed by atoms with Crippen LogP contribution < -0.4 is 28.6 Å². The average molecular weight is 614 g/mol. The number of fused-ring (bicyclic) bond motifs is 1. The number of nitrogens with zero attached hydrogens (tertiary/aromatic N) is 3. The van der Waals surface area contributed by atoms with Gasteiger partial charge in [0.2, 0.25) is 0 Å². The van der Waals surface area contributed by atoms with Crippen molar-refractivity contribution in [2.75, 3.05) is 64.6 Å². The van der Waals surface area contributed by atoms with Gasteiger partial charge in [-0.15, -0.1) is 0 Å². The topological polar surface area (TPSA) is 82.6 Å². The maximum absolute atomic E-state index is 14.1. The van der Waals surface area contributed by atoms with E-state index in [-0.39, 0.29) is 5.91 Å². The van der Waals surface area contributed by atoms with Crippen LogP contribution in [0.5, 0.6) is 28.7 Å². The molecule has 0 atom stereocenters. The molecule has 0 saturated carbocycles. The predicted octanol–water partition coefficient (Wildman–Crippen LogP) is 6.39. The molecule has 0 unspecified atom stereocenters. The Kier molecular flexibility index (Phi) is 10.5. The van der Waals surface area contributed by atoms with Gasteiger partial charge in [-0.05, 0) is 69.7 Å². The molecule has 9 heteroatoms. The van der Waals surface area contributed by atoms with E-state index >= 15 is 0 Å². The van der Waals surface area contributed by atoms with Crippen LogP contribution in [0.4, 0.5) is 5.69 Å². The van der Waals surface area contributed by atoms with Crippen LogP contribution in [0, 0.1) is 0 Å². The molecule has 0 spiro atoms. The molecule has 1 aliphatic heterocycles. The van der Waals surface area contributed by atoms with E-state index in [4.69, 9.17) is 28.7 Å². The third-order valence-electron chi connectivity index (χ3n) is 7.84. The highest BCUT2D eigenvalue weighted by molar-refractivity contribution is 6.08. The minimum absolute atomic E-state index is 0.0509. The Labute approximate surface area is 265 Å². The number of carbonyl (C=O) groups is 1. The lowest BCUT2D eigenvalue weighted by Crippen LogP contribution is -2.49. The fraction of sp³-hybridized carbons (Fsp3) is 0.389. The van der Waals surface area contributed by atoms with E-state index in [9.17, 15) is 4.79 Å². The standard InChI is InChI=1S/C36H43N3O6/c1-6-42-32-15-14-25(21-33(32)43-7-2)20-29-27-23-35(45-9-4)34(44-8-3)22-26(27)28(24-37-29)36(40)39-18-16-38(17-19-39)30-12-10-11-13-31(30)41-5/h10-15,21-24H,6-9,16-20H2,1-5H3. The zero-order valence-corrected chi connectivity index (χ0v) is 26.9. The van der Waals surface area contributed by atoms with Crippen LogP contribution in [-0.2, 0) is 6.42 Å². The number of carbonyl (C=O) groups excluding carboxylic acids is 1. The first-order valence-corrected chi connectivity index (χ1v) is 15.8. The maximum Gasteiger partial charge on any atom is 0.256 e. The van der Waals surface area contributed by atoms with E-state index in [1.807, 2.05) is 81.1 Å². The second-order valence-corrected chi connectivity index (χ2v) is 10.6. The summed E-state index contributed by atoms with van der Waals surface area (Å²) in [6, 6.07) is 17.8. The van der Waals surface area contributed by atoms with Crippen molar-refractivity contribution in [3.63, 3.8) is 0 Å². The summed E-state index contributed by atoms with van der Waals surface area (Å²) in [5.41, 5.74) is 3.44. The van der Waals surface area contributed by atoms with Crippen molar-refractivity contribution in [3.8, 4) is 28.7 Å². The van der Waals surface area contributed by atoms with E-state index in [1.165, 1.54) is 0 Å². The Bertz CT molecular complexity index is 1620. The quantitative estimate of drug-likeness (QED) is 0.172. The Hall–Kier alpha value is -4.66. The Morgan fingerprint density at radius 1 is 0.711 bits per heavy atom. The third-order valence-corrected chi connectivity index (χ3v) is 7.84. The number of piperazine rings is 1. The summed E-state index contributed by atoms with van der Waals surface area (Å²) >= 11 is 0. The number of pyridine rings is 1. The van der Waals surface area contributed by atoms with E-state index in [1.54, 1.807) is 13.3 Å². The summed E-state index contributed by atoms with van der Waals surface area (Å²) in [5.74, 6) is 3.44. The van der Waals surface area contributed by atoms with Crippen molar-refractivity contribution in [1.82, 2.24) is 9.88 Å². The molecule has 1 saturated heterocycles. The first-order chi connectivity index (χ1) is 22.0. The van der Waals surface area contributed by atoms with Gasteiger partial charge in [-0.25, -0.2) is 0 Å². The molecule has 1 fully saturated rings. The average Bonchev–Trinajstić information content (AvgIpc) is 3.06. The molecule has 4 aromatic rings. The predicted molar refractivity (Wildman–Crippen MR) is 177 cm³/mol. The van der Waals surface area contributed by atoms with Gasteiger partial charge >= 0.3 is 0 Å². The minimum Gasteiger partial charge on any atom is -0.495 e. The number of methoxy groups -OCH3 is 1. The Balaban J connectivity index is 1.49. The number of hydrogen-bond donors (Lipinski definition) is 0. The summed E-state index contributed by atoms with van der Waals surface area (Å²) in [4.78, 5) is 23.1. The van der Waals surface area contributed by atoms with E-state index in [0.717, 1.165) is 33.5 Å². The molecular formula is C36H43N3O6. The molecule has 2 heterocycles. The number of rotatable bonds is 13. The van der Waals surface area contributed by atoms with Gasteiger partial charge in [-0.1, -0.05) is 18.2 Å². The summed E-state index contributed by atoms with van der Waals surface area (Å²) in [6.07, 6.45) is 2.25. The molecule has 0 radical (unpaired) electrons. The molecule has 1 amide bonds. The summed E-state index contributed by atoms with van der Waals surface area (Å²) < 4.78 is 29.2. The normalized spacial score (nSPS) is 13.1. The van der Waals surface area contributed by atoms with Gasteiger partial charge < -0.3 is 33.5 Å². The zero-order chi connectivity index (χ0) is 31.8.